The molecule has 0 N–H and O–H groups in total. The highest BCUT2D eigenvalue weighted by Gasteiger charge is 2.39. The Balaban J connectivity index is 1.85. The maximum absolute atomic E-state index is 13.3. The van der Waals surface area contributed by atoms with Crippen LogP contribution in [0.4, 0.5) is 5.69 Å². The molecule has 1 aliphatic heterocycles. The number of ether oxygens (including phenoxy) is 1. The average Bonchev–Trinajstić information content (AvgIpc) is 3.50. The molecule has 0 radical (unpaired) electrons. The first-order valence-corrected chi connectivity index (χ1v) is 10.8. The number of likely N-dealkylation sites (tertiary alicyclic amines) is 1. The van der Waals surface area contributed by atoms with E-state index in [4.69, 9.17) is 0 Å². The number of sulfonamides is 1. The summed E-state index contributed by atoms with van der Waals surface area (Å²) in [5, 5.41) is 11.3. The first kappa shape index (κ1) is 20.7. The van der Waals surface area contributed by atoms with Crippen molar-refractivity contribution in [2.45, 2.75) is 36.6 Å². The van der Waals surface area contributed by atoms with Gasteiger partial charge in [0.15, 0.2) is 4.90 Å². The maximum atomic E-state index is 13.3. The first-order chi connectivity index (χ1) is 13.3. The number of piperidine rings is 1. The highest BCUT2D eigenvalue weighted by Crippen LogP contribution is 2.33. The lowest BCUT2D eigenvalue weighted by Crippen LogP contribution is -2.49. The minimum absolute atomic E-state index is 0.399. The summed E-state index contributed by atoms with van der Waals surface area (Å²) >= 11 is 0. The number of hydrogen-bond acceptors (Lipinski definition) is 7. The fourth-order valence-corrected chi connectivity index (χ4v) is 5.40. The lowest BCUT2D eigenvalue weighted by molar-refractivity contribution is -0.387. The van der Waals surface area contributed by atoms with Crippen LogP contribution >= 0.6 is 0 Å². The molecule has 1 aromatic rings. The highest BCUT2D eigenvalue weighted by atomic mass is 32.2. The molecule has 2 fully saturated rings. The Morgan fingerprint density at radius 1 is 1.25 bits per heavy atom. The third-order valence-electron chi connectivity index (χ3n) is 5.34. The van der Waals surface area contributed by atoms with Gasteiger partial charge < -0.3 is 9.64 Å². The molecule has 1 aliphatic carbocycles. The molecule has 10 heteroatoms. The summed E-state index contributed by atoms with van der Waals surface area (Å²) in [5.41, 5.74) is -0.497. The van der Waals surface area contributed by atoms with Gasteiger partial charge in [-0.05, 0) is 50.8 Å². The van der Waals surface area contributed by atoms with Gasteiger partial charge in [0.05, 0.1) is 12.0 Å². The first-order valence-electron chi connectivity index (χ1n) is 9.37. The van der Waals surface area contributed by atoms with E-state index in [1.807, 2.05) is 0 Å². The normalized spacial score (nSPS) is 18.9. The van der Waals surface area contributed by atoms with Crippen molar-refractivity contribution in [1.82, 2.24) is 9.21 Å². The van der Waals surface area contributed by atoms with Crippen molar-refractivity contribution in [1.29, 1.82) is 0 Å². The van der Waals surface area contributed by atoms with Crippen LogP contribution in [0.2, 0.25) is 0 Å². The molecule has 1 saturated carbocycles. The number of carbonyl (C=O) groups is 1. The molecule has 2 aliphatic rings. The number of nitro groups is 1. The number of para-hydroxylation sites is 1. The van der Waals surface area contributed by atoms with Crippen LogP contribution in [0.5, 0.6) is 0 Å². The number of rotatable bonds is 8. The number of nitrogens with zero attached hydrogens (tertiary/aromatic N) is 3. The van der Waals surface area contributed by atoms with Gasteiger partial charge in [0.1, 0.15) is 6.54 Å². The minimum atomic E-state index is -4.24. The zero-order valence-electron chi connectivity index (χ0n) is 15.8. The maximum Gasteiger partial charge on any atom is 0.321 e. The Kier molecular flexibility index (Phi) is 6.31. The van der Waals surface area contributed by atoms with Crippen LogP contribution in [0.25, 0.3) is 0 Å². The molecule has 28 heavy (non-hydrogen) atoms. The molecule has 1 saturated heterocycles. The van der Waals surface area contributed by atoms with Gasteiger partial charge >= 0.3 is 5.97 Å². The van der Waals surface area contributed by atoms with E-state index < -0.39 is 44.1 Å². The van der Waals surface area contributed by atoms with E-state index in [9.17, 15) is 23.3 Å². The van der Waals surface area contributed by atoms with E-state index in [-0.39, 0.29) is 0 Å². The average molecular weight is 411 g/mol. The summed E-state index contributed by atoms with van der Waals surface area (Å²) in [4.78, 5) is 24.4. The number of esters is 1. The van der Waals surface area contributed by atoms with Crippen molar-refractivity contribution in [3.63, 3.8) is 0 Å². The Labute approximate surface area is 164 Å². The molecule has 0 atom stereocenters. The molecular formula is C18H25N3O6S. The fraction of sp³-hybridized carbons (Fsp3) is 0.611. The van der Waals surface area contributed by atoms with E-state index in [1.54, 1.807) is 0 Å². The van der Waals surface area contributed by atoms with E-state index in [0.29, 0.717) is 12.8 Å². The smallest absolute Gasteiger partial charge is 0.321 e. The van der Waals surface area contributed by atoms with Crippen LogP contribution in [-0.2, 0) is 19.6 Å². The third kappa shape index (κ3) is 4.68. The summed E-state index contributed by atoms with van der Waals surface area (Å²) in [5.74, 6) is 0.0565. The summed E-state index contributed by atoms with van der Waals surface area (Å²) < 4.78 is 32.3. The van der Waals surface area contributed by atoms with Gasteiger partial charge in [-0.2, -0.15) is 4.31 Å². The number of hydrogen-bond donors (Lipinski definition) is 0. The largest absolute Gasteiger partial charge is 0.468 e. The number of nitro benzene ring substituents is 1. The van der Waals surface area contributed by atoms with Crippen LogP contribution in [0, 0.1) is 16.0 Å². The van der Waals surface area contributed by atoms with Gasteiger partial charge in [-0.15, -0.1) is 0 Å². The van der Waals surface area contributed by atoms with Crippen molar-refractivity contribution >= 4 is 21.7 Å². The SMILES string of the molecule is COC(=O)CN(C1CCN(CC2CC2)CC1)S(=O)(=O)c1ccccc1[N+](=O)[O-]. The van der Waals surface area contributed by atoms with E-state index in [2.05, 4.69) is 9.64 Å². The predicted octanol–water partition coefficient (Wildman–Crippen LogP) is 1.63. The van der Waals surface area contributed by atoms with Crippen molar-refractivity contribution < 1.29 is 22.9 Å². The molecule has 1 aromatic carbocycles. The van der Waals surface area contributed by atoms with Crippen LogP contribution < -0.4 is 0 Å². The molecule has 9 nitrogen and oxygen atoms in total. The fourth-order valence-electron chi connectivity index (χ4n) is 3.61. The summed E-state index contributed by atoms with van der Waals surface area (Å²) in [6, 6.07) is 4.81. The molecule has 0 spiro atoms. The number of methoxy groups -OCH3 is 1. The Morgan fingerprint density at radius 2 is 1.89 bits per heavy atom. The Bertz CT molecular complexity index is 831. The van der Waals surface area contributed by atoms with E-state index in [1.165, 1.54) is 38.2 Å². The van der Waals surface area contributed by atoms with Crippen LogP contribution in [-0.4, -0.2) is 67.8 Å². The third-order valence-corrected chi connectivity index (χ3v) is 7.28. The summed E-state index contributed by atoms with van der Waals surface area (Å²) in [6.45, 7) is 2.05. The van der Waals surface area contributed by atoms with Crippen molar-refractivity contribution in [3.05, 3.63) is 34.4 Å². The zero-order valence-corrected chi connectivity index (χ0v) is 16.6. The van der Waals surface area contributed by atoms with Crippen LogP contribution in [0.3, 0.4) is 0 Å². The quantitative estimate of drug-likeness (QED) is 0.363. The molecule has 154 valence electrons. The molecule has 0 unspecified atom stereocenters. The van der Waals surface area contributed by atoms with Crippen LogP contribution in [0.15, 0.2) is 29.2 Å². The molecule has 0 amide bonds. The van der Waals surface area contributed by atoms with Gasteiger partial charge in [0, 0.05) is 18.7 Å². The molecular weight excluding hydrogens is 386 g/mol. The van der Waals surface area contributed by atoms with Gasteiger partial charge in [0.2, 0.25) is 0 Å². The van der Waals surface area contributed by atoms with Crippen molar-refractivity contribution in [2.24, 2.45) is 5.92 Å². The molecule has 0 aromatic heterocycles. The zero-order chi connectivity index (χ0) is 20.3. The summed E-state index contributed by atoms with van der Waals surface area (Å²) in [7, 11) is -3.05. The molecule has 3 rings (SSSR count). The van der Waals surface area contributed by atoms with Gasteiger partial charge in [-0.25, -0.2) is 8.42 Å². The van der Waals surface area contributed by atoms with Crippen LogP contribution in [0.1, 0.15) is 25.7 Å². The van der Waals surface area contributed by atoms with Gasteiger partial charge in [-0.1, -0.05) is 12.1 Å². The Morgan fingerprint density at radius 3 is 2.46 bits per heavy atom. The summed E-state index contributed by atoms with van der Waals surface area (Å²) in [6.07, 6.45) is 3.65. The molecule has 0 bridgehead atoms. The monoisotopic (exact) mass is 411 g/mol. The van der Waals surface area contributed by atoms with Gasteiger partial charge in [-0.3, -0.25) is 14.9 Å². The number of carbonyl (C=O) groups excluding carboxylic acids is 1. The Hall–Kier alpha value is -2.04. The topological polar surface area (TPSA) is 110 Å². The second-order valence-corrected chi connectivity index (χ2v) is 9.19. The lowest BCUT2D eigenvalue weighted by Gasteiger charge is -2.37. The molecule has 1 heterocycles. The van der Waals surface area contributed by atoms with E-state index >= 15 is 0 Å². The lowest BCUT2D eigenvalue weighted by atomic mass is 10.0. The standard InChI is InChI=1S/C18H25N3O6S/c1-27-18(22)13-20(15-8-10-19(11-9-15)12-14-6-7-14)28(25,26)17-5-3-2-4-16(17)21(23)24/h2-5,14-15H,6-13H2,1H3. The number of benzene rings is 1. The highest BCUT2D eigenvalue weighted by molar-refractivity contribution is 7.89. The van der Waals surface area contributed by atoms with Crippen molar-refractivity contribution in [3.8, 4) is 0 Å². The van der Waals surface area contributed by atoms with E-state index in [0.717, 1.165) is 35.9 Å². The van der Waals surface area contributed by atoms with Gasteiger partial charge in [0.25, 0.3) is 15.7 Å². The van der Waals surface area contributed by atoms with Crippen molar-refractivity contribution in [2.75, 3.05) is 33.3 Å². The minimum Gasteiger partial charge on any atom is -0.468 e. The second-order valence-electron chi connectivity index (χ2n) is 7.33. The second kappa shape index (κ2) is 8.54. The predicted molar refractivity (Wildman–Crippen MR) is 101 cm³/mol.